The van der Waals surface area contributed by atoms with Crippen LogP contribution in [0.15, 0.2) is 12.4 Å². The zero-order valence-electron chi connectivity index (χ0n) is 10.4. The van der Waals surface area contributed by atoms with Gasteiger partial charge >= 0.3 is 0 Å². The highest BCUT2D eigenvalue weighted by Crippen LogP contribution is 2.11. The molecule has 2 N–H and O–H groups in total. The van der Waals surface area contributed by atoms with Crippen LogP contribution >= 0.6 is 0 Å². The van der Waals surface area contributed by atoms with Gasteiger partial charge in [-0.05, 0) is 6.42 Å². The van der Waals surface area contributed by atoms with Crippen LogP contribution in [0.4, 0.5) is 11.6 Å². The van der Waals surface area contributed by atoms with E-state index >= 15 is 0 Å². The van der Waals surface area contributed by atoms with Crippen molar-refractivity contribution in [1.82, 2.24) is 9.97 Å². The summed E-state index contributed by atoms with van der Waals surface area (Å²) in [5.74, 6) is 1.58. The molecule has 0 bridgehead atoms. The molecule has 0 unspecified atom stereocenters. The highest BCUT2D eigenvalue weighted by molar-refractivity contribution is 5.47. The van der Waals surface area contributed by atoms with Crippen LogP contribution < -0.4 is 10.2 Å². The number of aliphatic hydroxyl groups excluding tert-OH is 1. The monoisotopic (exact) mass is 240 g/mol. The Kier molecular flexibility index (Phi) is 6.27. The molecular formula is C11H20N4O2. The van der Waals surface area contributed by atoms with Crippen molar-refractivity contribution in [3.05, 3.63) is 12.4 Å². The first-order valence-corrected chi connectivity index (χ1v) is 5.64. The number of nitrogens with one attached hydrogen (secondary N) is 1. The summed E-state index contributed by atoms with van der Waals surface area (Å²) < 4.78 is 4.96. The zero-order valence-corrected chi connectivity index (χ0v) is 10.4. The molecule has 0 fully saturated rings. The minimum absolute atomic E-state index is 0.108. The highest BCUT2D eigenvalue weighted by atomic mass is 16.5. The molecule has 0 aliphatic carbocycles. The van der Waals surface area contributed by atoms with Crippen molar-refractivity contribution >= 4 is 11.6 Å². The Labute approximate surface area is 102 Å². The molecule has 1 aromatic rings. The lowest BCUT2D eigenvalue weighted by Crippen LogP contribution is -2.22. The molecule has 0 saturated heterocycles. The number of hydrogen-bond donors (Lipinski definition) is 2. The quantitative estimate of drug-likeness (QED) is 0.639. The Morgan fingerprint density at radius 2 is 2.29 bits per heavy atom. The van der Waals surface area contributed by atoms with E-state index in [4.69, 9.17) is 9.84 Å². The summed E-state index contributed by atoms with van der Waals surface area (Å²) >= 11 is 0. The number of hydrogen-bond acceptors (Lipinski definition) is 6. The van der Waals surface area contributed by atoms with E-state index in [-0.39, 0.29) is 6.61 Å². The molecule has 0 aliphatic heterocycles. The third kappa shape index (κ3) is 4.97. The maximum atomic E-state index is 8.85. The van der Waals surface area contributed by atoms with Crippen LogP contribution in [0.5, 0.6) is 0 Å². The van der Waals surface area contributed by atoms with Crippen LogP contribution in [0.1, 0.15) is 6.42 Å². The highest BCUT2D eigenvalue weighted by Gasteiger charge is 2.03. The van der Waals surface area contributed by atoms with E-state index in [1.54, 1.807) is 7.11 Å². The first-order valence-electron chi connectivity index (χ1n) is 5.64. The van der Waals surface area contributed by atoms with Crippen molar-refractivity contribution < 1.29 is 9.84 Å². The Hall–Kier alpha value is -1.40. The number of rotatable bonds is 8. The lowest BCUT2D eigenvalue weighted by Gasteiger charge is -2.17. The van der Waals surface area contributed by atoms with Gasteiger partial charge in [0.2, 0.25) is 0 Å². The van der Waals surface area contributed by atoms with E-state index in [9.17, 15) is 0 Å². The van der Waals surface area contributed by atoms with Crippen LogP contribution in [-0.4, -0.2) is 55.5 Å². The topological polar surface area (TPSA) is 70.5 Å². The first kappa shape index (κ1) is 13.7. The number of aliphatic hydroxyl groups is 1. The molecule has 0 aliphatic rings. The maximum absolute atomic E-state index is 8.85. The number of ether oxygens (including phenoxy) is 1. The summed E-state index contributed by atoms with van der Waals surface area (Å²) in [4.78, 5) is 10.1. The first-order chi connectivity index (χ1) is 8.27. The van der Waals surface area contributed by atoms with Crippen molar-refractivity contribution in [1.29, 1.82) is 0 Å². The predicted molar refractivity (Wildman–Crippen MR) is 67.4 cm³/mol. The molecule has 6 heteroatoms. The van der Waals surface area contributed by atoms with E-state index in [0.29, 0.717) is 6.54 Å². The zero-order chi connectivity index (χ0) is 12.5. The van der Waals surface area contributed by atoms with Gasteiger partial charge in [0.15, 0.2) is 0 Å². The van der Waals surface area contributed by atoms with E-state index < -0.39 is 0 Å². The summed E-state index contributed by atoms with van der Waals surface area (Å²) in [6.45, 7) is 2.21. The van der Waals surface area contributed by atoms with Gasteiger partial charge in [-0.3, -0.25) is 0 Å². The molecule has 0 atom stereocenters. The normalized spacial score (nSPS) is 10.3. The SMILES string of the molecule is COCCCNc1cc(N(C)CCO)ncn1. The van der Waals surface area contributed by atoms with E-state index in [1.165, 1.54) is 6.33 Å². The summed E-state index contributed by atoms with van der Waals surface area (Å²) in [5.41, 5.74) is 0. The van der Waals surface area contributed by atoms with Gasteiger partial charge < -0.3 is 20.1 Å². The fraction of sp³-hybridized carbons (Fsp3) is 0.636. The second-order valence-electron chi connectivity index (χ2n) is 3.68. The molecular weight excluding hydrogens is 220 g/mol. The molecule has 1 heterocycles. The van der Waals surface area contributed by atoms with Crippen molar-refractivity contribution in [3.63, 3.8) is 0 Å². The number of anilines is 2. The van der Waals surface area contributed by atoms with Gasteiger partial charge in [0.1, 0.15) is 18.0 Å². The Bertz CT molecular complexity index is 322. The summed E-state index contributed by atoms with van der Waals surface area (Å²) in [7, 11) is 3.57. The lowest BCUT2D eigenvalue weighted by atomic mass is 10.4. The fourth-order valence-corrected chi connectivity index (χ4v) is 1.35. The molecule has 1 rings (SSSR count). The Balaban J connectivity index is 2.47. The van der Waals surface area contributed by atoms with E-state index in [0.717, 1.165) is 31.2 Å². The van der Waals surface area contributed by atoms with Gasteiger partial charge in [0.05, 0.1) is 6.61 Å². The van der Waals surface area contributed by atoms with Crippen LogP contribution in [0.2, 0.25) is 0 Å². The smallest absolute Gasteiger partial charge is 0.133 e. The van der Waals surface area contributed by atoms with Crippen LogP contribution in [-0.2, 0) is 4.74 Å². The van der Waals surface area contributed by atoms with E-state index in [2.05, 4.69) is 15.3 Å². The third-order valence-corrected chi connectivity index (χ3v) is 2.31. The van der Waals surface area contributed by atoms with Crippen molar-refractivity contribution in [3.8, 4) is 0 Å². The van der Waals surface area contributed by atoms with Crippen LogP contribution in [0.3, 0.4) is 0 Å². The average Bonchev–Trinajstić information content (AvgIpc) is 2.35. The Morgan fingerprint density at radius 3 is 3.00 bits per heavy atom. The molecule has 0 radical (unpaired) electrons. The number of methoxy groups -OCH3 is 1. The fourth-order valence-electron chi connectivity index (χ4n) is 1.35. The maximum Gasteiger partial charge on any atom is 0.133 e. The van der Waals surface area contributed by atoms with Crippen molar-refractivity contribution in [2.75, 3.05) is 50.7 Å². The number of nitrogens with zero attached hydrogens (tertiary/aromatic N) is 3. The number of aromatic nitrogens is 2. The molecule has 96 valence electrons. The van der Waals surface area contributed by atoms with Gasteiger partial charge in [0.25, 0.3) is 0 Å². The van der Waals surface area contributed by atoms with Gasteiger partial charge in [-0.2, -0.15) is 0 Å². The van der Waals surface area contributed by atoms with Gasteiger partial charge in [-0.25, -0.2) is 9.97 Å². The Morgan fingerprint density at radius 1 is 1.47 bits per heavy atom. The molecule has 0 spiro atoms. The molecule has 17 heavy (non-hydrogen) atoms. The molecule has 6 nitrogen and oxygen atoms in total. The minimum atomic E-state index is 0.108. The predicted octanol–water partition coefficient (Wildman–Crippen LogP) is 0.353. The number of likely N-dealkylation sites (N-methyl/N-ethyl adjacent to an activating group) is 1. The van der Waals surface area contributed by atoms with Crippen LogP contribution in [0, 0.1) is 0 Å². The lowest BCUT2D eigenvalue weighted by molar-refractivity contribution is 0.198. The summed E-state index contributed by atoms with van der Waals surface area (Å²) in [6, 6.07) is 1.86. The third-order valence-electron chi connectivity index (χ3n) is 2.31. The van der Waals surface area contributed by atoms with Crippen LogP contribution in [0.25, 0.3) is 0 Å². The molecule has 1 aromatic heterocycles. The van der Waals surface area contributed by atoms with Gasteiger partial charge in [-0.15, -0.1) is 0 Å². The molecule has 0 saturated carbocycles. The molecule has 0 amide bonds. The second-order valence-corrected chi connectivity index (χ2v) is 3.68. The standard InChI is InChI=1S/C11H20N4O2/c1-15(5-6-16)11-8-10(13-9-14-11)12-4-3-7-17-2/h8-9,16H,3-7H2,1-2H3,(H,12,13,14). The largest absolute Gasteiger partial charge is 0.395 e. The van der Waals surface area contributed by atoms with Crippen molar-refractivity contribution in [2.45, 2.75) is 6.42 Å². The van der Waals surface area contributed by atoms with Gasteiger partial charge in [-0.1, -0.05) is 0 Å². The minimum Gasteiger partial charge on any atom is -0.395 e. The summed E-state index contributed by atoms with van der Waals surface area (Å²) in [5, 5.41) is 12.0. The molecule has 0 aromatic carbocycles. The summed E-state index contributed by atoms with van der Waals surface area (Å²) in [6.07, 6.45) is 2.45. The second kappa shape index (κ2) is 7.81. The van der Waals surface area contributed by atoms with Crippen molar-refractivity contribution in [2.24, 2.45) is 0 Å². The van der Waals surface area contributed by atoms with Gasteiger partial charge in [0, 0.05) is 39.9 Å². The average molecular weight is 240 g/mol. The van der Waals surface area contributed by atoms with E-state index in [1.807, 2.05) is 18.0 Å².